The molecule has 2 heterocycles. The zero-order valence-corrected chi connectivity index (χ0v) is 15.3. The van der Waals surface area contributed by atoms with E-state index in [0.29, 0.717) is 18.0 Å². The van der Waals surface area contributed by atoms with E-state index in [1.807, 2.05) is 18.2 Å². The van der Waals surface area contributed by atoms with Crippen molar-refractivity contribution in [2.45, 2.75) is 45.1 Å². The van der Waals surface area contributed by atoms with Crippen molar-refractivity contribution < 1.29 is 4.79 Å². The van der Waals surface area contributed by atoms with Gasteiger partial charge in [0.1, 0.15) is 0 Å². The predicted molar refractivity (Wildman–Crippen MR) is 104 cm³/mol. The maximum absolute atomic E-state index is 12.5. The molecule has 1 aliphatic carbocycles. The van der Waals surface area contributed by atoms with Crippen LogP contribution in [0.15, 0.2) is 42.6 Å². The first-order chi connectivity index (χ1) is 12.7. The average Bonchev–Trinajstić information content (AvgIpc) is 2.67. The number of benzene rings is 1. The van der Waals surface area contributed by atoms with Crippen LogP contribution in [0.25, 0.3) is 6.08 Å². The van der Waals surface area contributed by atoms with Crippen LogP contribution in [0, 0.1) is 5.92 Å². The molecule has 4 heteroatoms. The number of piperidine rings is 1. The molecule has 2 aliphatic rings. The van der Waals surface area contributed by atoms with Crippen LogP contribution in [0.3, 0.4) is 0 Å². The van der Waals surface area contributed by atoms with Gasteiger partial charge in [-0.3, -0.25) is 4.79 Å². The molecule has 1 saturated heterocycles. The average molecular weight is 347 g/mol. The first-order valence-electron chi connectivity index (χ1n) is 9.60. The Kier molecular flexibility index (Phi) is 4.83. The molecule has 0 spiro atoms. The van der Waals surface area contributed by atoms with Gasteiger partial charge in [0.15, 0.2) is 5.78 Å². The van der Waals surface area contributed by atoms with Crippen molar-refractivity contribution in [1.82, 2.24) is 9.97 Å². The third kappa shape index (κ3) is 3.55. The van der Waals surface area contributed by atoms with Gasteiger partial charge in [0.05, 0.1) is 11.3 Å². The van der Waals surface area contributed by atoms with E-state index < -0.39 is 0 Å². The van der Waals surface area contributed by atoms with Crippen LogP contribution in [-0.2, 0) is 6.42 Å². The fourth-order valence-corrected chi connectivity index (χ4v) is 3.94. The summed E-state index contributed by atoms with van der Waals surface area (Å²) in [6.07, 6.45) is 11.0. The van der Waals surface area contributed by atoms with Gasteiger partial charge < -0.3 is 4.90 Å². The number of fused-ring (bicyclic) bond motifs is 1. The molecule has 0 bridgehead atoms. The second-order valence-electron chi connectivity index (χ2n) is 7.43. The van der Waals surface area contributed by atoms with Gasteiger partial charge >= 0.3 is 0 Å². The summed E-state index contributed by atoms with van der Waals surface area (Å²) in [6, 6.07) is 10.7. The molecule has 0 radical (unpaired) electrons. The largest absolute Gasteiger partial charge is 0.338 e. The van der Waals surface area contributed by atoms with E-state index in [1.54, 1.807) is 6.20 Å². The van der Waals surface area contributed by atoms with E-state index in [2.05, 4.69) is 41.1 Å². The molecule has 1 fully saturated rings. The topological polar surface area (TPSA) is 46.1 Å². The highest BCUT2D eigenvalue weighted by atomic mass is 16.1. The van der Waals surface area contributed by atoms with Crippen molar-refractivity contribution >= 4 is 17.8 Å². The number of carbonyl (C=O) groups excluding carboxylic acids is 1. The first kappa shape index (κ1) is 17.0. The van der Waals surface area contributed by atoms with Crippen molar-refractivity contribution in [2.75, 3.05) is 11.4 Å². The van der Waals surface area contributed by atoms with Crippen molar-refractivity contribution in [1.29, 1.82) is 0 Å². The SMILES string of the molecule is C[C@@H]1CCCCN1c1ncc2c(n1)C[C@H](/C=C/c1ccccc1)CC2=O. The van der Waals surface area contributed by atoms with E-state index >= 15 is 0 Å². The summed E-state index contributed by atoms with van der Waals surface area (Å²) >= 11 is 0. The molecule has 134 valence electrons. The third-order valence-electron chi connectivity index (χ3n) is 5.48. The zero-order chi connectivity index (χ0) is 17.9. The van der Waals surface area contributed by atoms with Gasteiger partial charge in [0.25, 0.3) is 0 Å². The summed E-state index contributed by atoms with van der Waals surface area (Å²) in [5, 5.41) is 0. The fourth-order valence-electron chi connectivity index (χ4n) is 3.94. The number of rotatable bonds is 3. The molecule has 4 rings (SSSR count). The minimum absolute atomic E-state index is 0.159. The number of anilines is 1. The molecule has 1 aromatic heterocycles. The van der Waals surface area contributed by atoms with Gasteiger partial charge in [0.2, 0.25) is 5.95 Å². The van der Waals surface area contributed by atoms with Crippen LogP contribution in [0.5, 0.6) is 0 Å². The predicted octanol–water partition coefficient (Wildman–Crippen LogP) is 4.31. The number of allylic oxidation sites excluding steroid dienone is 1. The molecule has 0 N–H and O–H groups in total. The highest BCUT2D eigenvalue weighted by Crippen LogP contribution is 2.28. The monoisotopic (exact) mass is 347 g/mol. The van der Waals surface area contributed by atoms with E-state index in [-0.39, 0.29) is 11.7 Å². The molecule has 4 nitrogen and oxygen atoms in total. The van der Waals surface area contributed by atoms with Crippen molar-refractivity contribution in [2.24, 2.45) is 5.92 Å². The molecule has 1 aliphatic heterocycles. The lowest BCUT2D eigenvalue weighted by molar-refractivity contribution is 0.0957. The van der Waals surface area contributed by atoms with E-state index in [0.717, 1.165) is 30.2 Å². The number of aromatic nitrogens is 2. The van der Waals surface area contributed by atoms with Crippen molar-refractivity contribution in [3.05, 3.63) is 59.4 Å². The van der Waals surface area contributed by atoms with Gasteiger partial charge in [-0.1, -0.05) is 42.5 Å². The van der Waals surface area contributed by atoms with Gasteiger partial charge in [0, 0.05) is 25.2 Å². The van der Waals surface area contributed by atoms with Crippen LogP contribution in [0.1, 0.15) is 54.2 Å². The smallest absolute Gasteiger partial charge is 0.225 e. The van der Waals surface area contributed by atoms with Crippen LogP contribution in [-0.4, -0.2) is 28.3 Å². The quantitative estimate of drug-likeness (QED) is 0.830. The number of hydrogen-bond donors (Lipinski definition) is 0. The molecular formula is C22H25N3O. The van der Waals surface area contributed by atoms with Crippen molar-refractivity contribution in [3.8, 4) is 0 Å². The van der Waals surface area contributed by atoms with Crippen molar-refractivity contribution in [3.63, 3.8) is 0 Å². The van der Waals surface area contributed by atoms with Gasteiger partial charge in [-0.05, 0) is 44.1 Å². The lowest BCUT2D eigenvalue weighted by atomic mass is 9.86. The Morgan fingerprint density at radius 1 is 1.15 bits per heavy atom. The lowest BCUT2D eigenvalue weighted by Crippen LogP contribution is -2.39. The van der Waals surface area contributed by atoms with Crippen LogP contribution in [0.4, 0.5) is 5.95 Å². The second kappa shape index (κ2) is 7.40. The Labute approximate surface area is 155 Å². The number of Topliss-reactive ketones (excluding diaryl/α,β-unsaturated/α-hetero) is 1. The molecule has 2 aromatic rings. The van der Waals surface area contributed by atoms with Gasteiger partial charge in [-0.15, -0.1) is 0 Å². The summed E-state index contributed by atoms with van der Waals surface area (Å²) in [5.74, 6) is 1.15. The Morgan fingerprint density at radius 2 is 2.00 bits per heavy atom. The molecule has 0 unspecified atom stereocenters. The molecule has 0 saturated carbocycles. The van der Waals surface area contributed by atoms with Gasteiger partial charge in [-0.25, -0.2) is 9.97 Å². The zero-order valence-electron chi connectivity index (χ0n) is 15.3. The van der Waals surface area contributed by atoms with E-state index in [1.165, 1.54) is 19.3 Å². The Hall–Kier alpha value is -2.49. The standard InChI is InChI=1S/C22H25N3O/c1-16-7-5-6-12-25(16)22-23-15-19-20(24-22)13-18(14-21(19)26)11-10-17-8-3-2-4-9-17/h2-4,8-11,15-16,18H,5-7,12-14H2,1H3/b11-10+/t16-,18+/m1/s1. The summed E-state index contributed by atoms with van der Waals surface area (Å²) in [4.78, 5) is 24.1. The molecule has 0 amide bonds. The summed E-state index contributed by atoms with van der Waals surface area (Å²) in [6.45, 7) is 3.24. The van der Waals surface area contributed by atoms with Crippen LogP contribution >= 0.6 is 0 Å². The Morgan fingerprint density at radius 3 is 2.81 bits per heavy atom. The normalized spacial score (nSPS) is 23.3. The van der Waals surface area contributed by atoms with Crippen LogP contribution in [0.2, 0.25) is 0 Å². The first-order valence-corrected chi connectivity index (χ1v) is 9.60. The molecule has 2 atom stereocenters. The number of hydrogen-bond acceptors (Lipinski definition) is 4. The highest BCUT2D eigenvalue weighted by molar-refractivity contribution is 5.98. The minimum atomic E-state index is 0.159. The van der Waals surface area contributed by atoms with E-state index in [9.17, 15) is 4.79 Å². The maximum Gasteiger partial charge on any atom is 0.225 e. The van der Waals surface area contributed by atoms with Gasteiger partial charge in [-0.2, -0.15) is 0 Å². The third-order valence-corrected chi connectivity index (χ3v) is 5.48. The number of carbonyl (C=O) groups is 1. The molecule has 26 heavy (non-hydrogen) atoms. The minimum Gasteiger partial charge on any atom is -0.338 e. The molecular weight excluding hydrogens is 322 g/mol. The van der Waals surface area contributed by atoms with Crippen LogP contribution < -0.4 is 4.90 Å². The highest BCUT2D eigenvalue weighted by Gasteiger charge is 2.27. The fraction of sp³-hybridized carbons (Fsp3) is 0.409. The molecule has 1 aromatic carbocycles. The summed E-state index contributed by atoms with van der Waals surface area (Å²) in [7, 11) is 0. The second-order valence-corrected chi connectivity index (χ2v) is 7.43. The number of ketones is 1. The maximum atomic E-state index is 12.5. The Bertz CT molecular complexity index is 815. The summed E-state index contributed by atoms with van der Waals surface area (Å²) in [5.41, 5.74) is 2.78. The lowest BCUT2D eigenvalue weighted by Gasteiger charge is -2.34. The van der Waals surface area contributed by atoms with E-state index in [4.69, 9.17) is 4.98 Å². The Balaban J connectivity index is 1.55. The summed E-state index contributed by atoms with van der Waals surface area (Å²) < 4.78 is 0. The number of nitrogens with zero attached hydrogens (tertiary/aromatic N) is 3.